The van der Waals surface area contributed by atoms with E-state index in [1.807, 2.05) is 0 Å². The minimum absolute atomic E-state index is 0.125. The molecule has 2 heterocycles. The summed E-state index contributed by atoms with van der Waals surface area (Å²) in [5, 5.41) is 9.64. The fourth-order valence-electron chi connectivity index (χ4n) is 2.58. The van der Waals surface area contributed by atoms with Gasteiger partial charge in [0.2, 0.25) is 5.56 Å². The molecule has 1 aromatic rings. The number of H-pyrrole nitrogens is 1. The first-order valence-corrected chi connectivity index (χ1v) is 6.65. The van der Waals surface area contributed by atoms with E-state index in [0.29, 0.717) is 24.3 Å². The van der Waals surface area contributed by atoms with Crippen LogP contribution in [-0.2, 0) is 0 Å². The van der Waals surface area contributed by atoms with Crippen LogP contribution in [0.3, 0.4) is 0 Å². The third kappa shape index (κ3) is 3.23. The third-order valence-electron chi connectivity index (χ3n) is 3.65. The third-order valence-corrected chi connectivity index (χ3v) is 3.65. The van der Waals surface area contributed by atoms with Gasteiger partial charge in [-0.1, -0.05) is 0 Å². The SMILES string of the molecule is Cc1cc(C(=O)N2CCCC(C(C)O)C2)cc(=O)[nH]1. The normalized spacial score (nSPS) is 21.2. The Bertz CT molecular complexity index is 522. The van der Waals surface area contributed by atoms with Crippen LogP contribution in [0.4, 0.5) is 0 Å². The fourth-order valence-corrected chi connectivity index (χ4v) is 2.58. The van der Waals surface area contributed by atoms with E-state index < -0.39 is 6.10 Å². The van der Waals surface area contributed by atoms with Crippen LogP contribution in [0.1, 0.15) is 35.8 Å². The van der Waals surface area contributed by atoms with Gasteiger partial charge in [0.05, 0.1) is 6.10 Å². The minimum atomic E-state index is -0.406. The van der Waals surface area contributed by atoms with Crippen LogP contribution in [-0.4, -0.2) is 40.1 Å². The van der Waals surface area contributed by atoms with E-state index in [1.54, 1.807) is 24.8 Å². The number of aliphatic hydroxyl groups is 1. The smallest absolute Gasteiger partial charge is 0.254 e. The summed E-state index contributed by atoms with van der Waals surface area (Å²) in [6.07, 6.45) is 1.43. The zero-order valence-electron chi connectivity index (χ0n) is 11.3. The Morgan fingerprint density at radius 3 is 2.89 bits per heavy atom. The predicted molar refractivity (Wildman–Crippen MR) is 72.1 cm³/mol. The molecule has 104 valence electrons. The average Bonchev–Trinajstić information content (AvgIpc) is 2.37. The fraction of sp³-hybridized carbons (Fsp3) is 0.571. The maximum Gasteiger partial charge on any atom is 0.254 e. The Morgan fingerprint density at radius 1 is 1.53 bits per heavy atom. The zero-order valence-corrected chi connectivity index (χ0v) is 11.3. The number of rotatable bonds is 2. The Labute approximate surface area is 112 Å². The lowest BCUT2D eigenvalue weighted by Gasteiger charge is -2.34. The largest absolute Gasteiger partial charge is 0.393 e. The molecule has 0 spiro atoms. The number of nitrogens with zero attached hydrogens (tertiary/aromatic N) is 1. The Morgan fingerprint density at radius 2 is 2.26 bits per heavy atom. The van der Waals surface area contributed by atoms with Gasteiger partial charge in [0, 0.05) is 36.3 Å². The molecule has 1 aliphatic rings. The van der Waals surface area contributed by atoms with Crippen molar-refractivity contribution in [3.05, 3.63) is 33.7 Å². The molecule has 1 fully saturated rings. The molecule has 5 heteroatoms. The van der Waals surface area contributed by atoms with Crippen LogP contribution in [0, 0.1) is 12.8 Å². The van der Waals surface area contributed by atoms with Crippen LogP contribution >= 0.6 is 0 Å². The maximum atomic E-state index is 12.4. The number of nitrogens with one attached hydrogen (secondary N) is 1. The molecular formula is C14H20N2O3. The molecule has 0 saturated carbocycles. The summed E-state index contributed by atoms with van der Waals surface area (Å²) in [6.45, 7) is 4.76. The van der Waals surface area contributed by atoms with Crippen LogP contribution in [0.15, 0.2) is 16.9 Å². The first-order chi connectivity index (χ1) is 8.97. The molecular weight excluding hydrogens is 244 g/mol. The molecule has 1 saturated heterocycles. The topological polar surface area (TPSA) is 73.4 Å². The zero-order chi connectivity index (χ0) is 14.0. The highest BCUT2D eigenvalue weighted by Crippen LogP contribution is 2.21. The van der Waals surface area contributed by atoms with Crippen LogP contribution in [0.2, 0.25) is 0 Å². The van der Waals surface area contributed by atoms with Gasteiger partial charge in [-0.25, -0.2) is 0 Å². The number of aliphatic hydroxyl groups excluding tert-OH is 1. The second-order valence-electron chi connectivity index (χ2n) is 5.31. The maximum absolute atomic E-state index is 12.4. The first kappa shape index (κ1) is 13.8. The molecule has 1 aliphatic heterocycles. The van der Waals surface area contributed by atoms with E-state index in [1.165, 1.54) is 6.07 Å². The van der Waals surface area contributed by atoms with Gasteiger partial charge in [0.15, 0.2) is 0 Å². The lowest BCUT2D eigenvalue weighted by atomic mass is 9.93. The molecule has 2 atom stereocenters. The highest BCUT2D eigenvalue weighted by Gasteiger charge is 2.27. The van der Waals surface area contributed by atoms with Crippen molar-refractivity contribution in [2.24, 2.45) is 5.92 Å². The Hall–Kier alpha value is -1.62. The highest BCUT2D eigenvalue weighted by atomic mass is 16.3. The van der Waals surface area contributed by atoms with Gasteiger partial charge in [0.1, 0.15) is 0 Å². The lowest BCUT2D eigenvalue weighted by Crippen LogP contribution is -2.43. The van der Waals surface area contributed by atoms with E-state index in [2.05, 4.69) is 4.98 Å². The standard InChI is InChI=1S/C14H20N2O3/c1-9-6-12(7-13(18)15-9)14(19)16-5-3-4-11(8-16)10(2)17/h6-7,10-11,17H,3-5,8H2,1-2H3,(H,15,18). The van der Waals surface area contributed by atoms with Gasteiger partial charge in [0.25, 0.3) is 5.91 Å². The molecule has 19 heavy (non-hydrogen) atoms. The molecule has 0 aromatic carbocycles. The molecule has 1 amide bonds. The van der Waals surface area contributed by atoms with Crippen LogP contribution in [0.5, 0.6) is 0 Å². The summed E-state index contributed by atoms with van der Waals surface area (Å²) in [6, 6.07) is 3.02. The van der Waals surface area contributed by atoms with Crippen molar-refractivity contribution in [3.8, 4) is 0 Å². The van der Waals surface area contributed by atoms with Gasteiger partial charge in [-0.05, 0) is 32.8 Å². The summed E-state index contributed by atoms with van der Waals surface area (Å²) < 4.78 is 0. The quantitative estimate of drug-likeness (QED) is 0.834. The van der Waals surface area contributed by atoms with Crippen molar-refractivity contribution in [3.63, 3.8) is 0 Å². The van der Waals surface area contributed by atoms with Crippen molar-refractivity contribution in [2.45, 2.75) is 32.8 Å². The van der Waals surface area contributed by atoms with E-state index in [4.69, 9.17) is 0 Å². The average molecular weight is 264 g/mol. The second kappa shape index (κ2) is 5.57. The molecule has 0 bridgehead atoms. The predicted octanol–water partition coefficient (Wildman–Crippen LogP) is 0.916. The first-order valence-electron chi connectivity index (χ1n) is 6.65. The van der Waals surface area contributed by atoms with Crippen molar-refractivity contribution in [1.82, 2.24) is 9.88 Å². The summed E-state index contributed by atoms with van der Waals surface area (Å²) in [5.74, 6) is 0.000318. The summed E-state index contributed by atoms with van der Waals surface area (Å²) in [4.78, 5) is 28.1. The van der Waals surface area contributed by atoms with Gasteiger partial charge in [-0.2, -0.15) is 0 Å². The molecule has 2 N–H and O–H groups in total. The molecule has 5 nitrogen and oxygen atoms in total. The number of carbonyl (C=O) groups excluding carboxylic acids is 1. The number of aromatic nitrogens is 1. The van der Waals surface area contributed by atoms with Crippen molar-refractivity contribution in [2.75, 3.05) is 13.1 Å². The minimum Gasteiger partial charge on any atom is -0.393 e. The summed E-state index contributed by atoms with van der Waals surface area (Å²) in [5.41, 5.74) is 0.847. The van der Waals surface area contributed by atoms with Crippen molar-refractivity contribution < 1.29 is 9.90 Å². The van der Waals surface area contributed by atoms with Gasteiger partial charge in [-0.15, -0.1) is 0 Å². The highest BCUT2D eigenvalue weighted by molar-refractivity contribution is 5.94. The monoisotopic (exact) mass is 264 g/mol. The number of carbonyl (C=O) groups is 1. The van der Waals surface area contributed by atoms with E-state index in [9.17, 15) is 14.7 Å². The lowest BCUT2D eigenvalue weighted by molar-refractivity contribution is 0.0466. The Balaban J connectivity index is 2.17. The van der Waals surface area contributed by atoms with Gasteiger partial charge >= 0.3 is 0 Å². The number of likely N-dealkylation sites (tertiary alicyclic amines) is 1. The molecule has 0 aliphatic carbocycles. The Kier molecular flexibility index (Phi) is 4.04. The number of pyridine rings is 1. The van der Waals surface area contributed by atoms with Crippen molar-refractivity contribution in [1.29, 1.82) is 0 Å². The van der Waals surface area contributed by atoms with E-state index in [0.717, 1.165) is 12.8 Å². The number of hydrogen-bond acceptors (Lipinski definition) is 3. The number of aromatic amines is 1. The van der Waals surface area contributed by atoms with Crippen molar-refractivity contribution >= 4 is 5.91 Å². The molecule has 2 rings (SSSR count). The molecule has 2 unspecified atom stereocenters. The number of piperidine rings is 1. The van der Waals surface area contributed by atoms with E-state index >= 15 is 0 Å². The number of hydrogen-bond donors (Lipinski definition) is 2. The summed E-state index contributed by atoms with van der Waals surface area (Å²) >= 11 is 0. The number of aryl methyl sites for hydroxylation is 1. The number of amides is 1. The van der Waals surface area contributed by atoms with Crippen LogP contribution in [0.25, 0.3) is 0 Å². The van der Waals surface area contributed by atoms with E-state index in [-0.39, 0.29) is 17.4 Å². The molecule has 1 aromatic heterocycles. The van der Waals surface area contributed by atoms with Crippen LogP contribution < -0.4 is 5.56 Å². The summed E-state index contributed by atoms with van der Waals surface area (Å²) in [7, 11) is 0. The van der Waals surface area contributed by atoms with Gasteiger partial charge in [-0.3, -0.25) is 9.59 Å². The van der Waals surface area contributed by atoms with Gasteiger partial charge < -0.3 is 15.0 Å². The molecule has 0 radical (unpaired) electrons. The second-order valence-corrected chi connectivity index (χ2v) is 5.31.